The van der Waals surface area contributed by atoms with Gasteiger partial charge in [-0.3, -0.25) is 0 Å². The minimum Gasteiger partial charge on any atom is -0.497 e. The molecule has 82 valence electrons. The predicted molar refractivity (Wildman–Crippen MR) is 60.4 cm³/mol. The molecule has 15 heavy (non-hydrogen) atoms. The predicted octanol–water partition coefficient (Wildman–Crippen LogP) is 3.11. The molecule has 0 aromatic heterocycles. The molecule has 3 heteroatoms. The van der Waals surface area contributed by atoms with E-state index < -0.39 is 5.60 Å². The third-order valence-electron chi connectivity index (χ3n) is 3.11. The average molecular weight is 227 g/mol. The number of benzene rings is 1. The summed E-state index contributed by atoms with van der Waals surface area (Å²) in [6.45, 7) is 0. The zero-order chi connectivity index (χ0) is 10.9. The van der Waals surface area contributed by atoms with Crippen LogP contribution in [-0.2, 0) is 5.60 Å². The molecule has 1 fully saturated rings. The fourth-order valence-corrected chi connectivity index (χ4v) is 2.58. The van der Waals surface area contributed by atoms with Gasteiger partial charge in [-0.15, -0.1) is 0 Å². The van der Waals surface area contributed by atoms with Crippen molar-refractivity contribution in [2.24, 2.45) is 0 Å². The monoisotopic (exact) mass is 226 g/mol. The van der Waals surface area contributed by atoms with Gasteiger partial charge in [-0.1, -0.05) is 30.5 Å². The van der Waals surface area contributed by atoms with Gasteiger partial charge >= 0.3 is 0 Å². The van der Waals surface area contributed by atoms with Gasteiger partial charge in [-0.25, -0.2) is 0 Å². The van der Waals surface area contributed by atoms with E-state index in [9.17, 15) is 5.11 Å². The molecule has 0 unspecified atom stereocenters. The van der Waals surface area contributed by atoms with Gasteiger partial charge in [0, 0.05) is 5.56 Å². The van der Waals surface area contributed by atoms with E-state index in [1.165, 1.54) is 0 Å². The van der Waals surface area contributed by atoms with Crippen LogP contribution >= 0.6 is 11.6 Å². The maximum Gasteiger partial charge on any atom is 0.120 e. The summed E-state index contributed by atoms with van der Waals surface area (Å²) in [6, 6.07) is 5.47. The lowest BCUT2D eigenvalue weighted by Gasteiger charge is -2.24. The Kier molecular flexibility index (Phi) is 2.89. The van der Waals surface area contributed by atoms with Crippen molar-refractivity contribution in [2.75, 3.05) is 7.11 Å². The summed E-state index contributed by atoms with van der Waals surface area (Å²) in [5.74, 6) is 0.727. The maximum absolute atomic E-state index is 10.4. The van der Waals surface area contributed by atoms with Crippen molar-refractivity contribution in [3.63, 3.8) is 0 Å². The Labute approximate surface area is 94.8 Å². The second kappa shape index (κ2) is 4.03. The van der Waals surface area contributed by atoms with Gasteiger partial charge in [0.05, 0.1) is 17.7 Å². The highest BCUT2D eigenvalue weighted by Gasteiger charge is 2.34. The first-order chi connectivity index (χ1) is 7.15. The molecule has 1 aromatic carbocycles. The average Bonchev–Trinajstić information content (AvgIpc) is 2.65. The molecular formula is C12H15ClO2. The highest BCUT2D eigenvalue weighted by molar-refractivity contribution is 6.31. The van der Waals surface area contributed by atoms with Crippen molar-refractivity contribution in [3.05, 3.63) is 28.8 Å². The molecule has 1 aliphatic rings. The molecule has 2 rings (SSSR count). The first-order valence-corrected chi connectivity index (χ1v) is 5.60. The minimum absolute atomic E-state index is 0.596. The van der Waals surface area contributed by atoms with E-state index in [1.807, 2.05) is 12.1 Å². The van der Waals surface area contributed by atoms with Crippen LogP contribution in [0.15, 0.2) is 18.2 Å². The summed E-state index contributed by atoms with van der Waals surface area (Å²) in [4.78, 5) is 0. The summed E-state index contributed by atoms with van der Waals surface area (Å²) in [5, 5.41) is 11.0. The number of ether oxygens (including phenoxy) is 1. The Morgan fingerprint density at radius 1 is 1.33 bits per heavy atom. The number of halogens is 1. The molecule has 1 aliphatic carbocycles. The molecule has 1 N–H and O–H groups in total. The number of hydrogen-bond acceptors (Lipinski definition) is 2. The summed E-state index contributed by atoms with van der Waals surface area (Å²) in [7, 11) is 1.61. The molecule has 0 heterocycles. The second-order valence-electron chi connectivity index (χ2n) is 4.08. The molecule has 0 radical (unpaired) electrons. The fraction of sp³-hybridized carbons (Fsp3) is 0.500. The Morgan fingerprint density at radius 2 is 2.00 bits per heavy atom. The van der Waals surface area contributed by atoms with E-state index in [1.54, 1.807) is 13.2 Å². The van der Waals surface area contributed by atoms with Crippen LogP contribution in [0.2, 0.25) is 5.02 Å². The molecule has 0 amide bonds. The Balaban J connectivity index is 2.36. The fourth-order valence-electron chi connectivity index (χ4n) is 2.23. The molecule has 0 spiro atoms. The molecule has 0 aliphatic heterocycles. The van der Waals surface area contributed by atoms with Crippen molar-refractivity contribution >= 4 is 11.6 Å². The minimum atomic E-state index is -0.719. The SMILES string of the molecule is COc1ccc(C2(O)CCCC2)c(Cl)c1. The topological polar surface area (TPSA) is 29.5 Å². The molecule has 0 bridgehead atoms. The second-order valence-corrected chi connectivity index (χ2v) is 4.49. The summed E-state index contributed by atoms with van der Waals surface area (Å²) in [6.07, 6.45) is 3.75. The standard InChI is InChI=1S/C12H15ClO2/c1-15-9-4-5-10(11(13)8-9)12(14)6-2-3-7-12/h4-5,8,14H,2-3,6-7H2,1H3. The first-order valence-electron chi connectivity index (χ1n) is 5.22. The van der Waals surface area contributed by atoms with Crippen molar-refractivity contribution in [3.8, 4) is 5.75 Å². The lowest BCUT2D eigenvalue weighted by atomic mass is 9.92. The van der Waals surface area contributed by atoms with Gasteiger partial charge in [0.25, 0.3) is 0 Å². The summed E-state index contributed by atoms with van der Waals surface area (Å²) < 4.78 is 5.08. The van der Waals surface area contributed by atoms with Gasteiger partial charge in [-0.05, 0) is 25.0 Å². The Bertz CT molecular complexity index is 357. The summed E-state index contributed by atoms with van der Waals surface area (Å²) >= 11 is 6.14. The van der Waals surface area contributed by atoms with E-state index in [0.29, 0.717) is 5.02 Å². The van der Waals surface area contributed by atoms with Crippen LogP contribution in [0.25, 0.3) is 0 Å². The molecular weight excluding hydrogens is 212 g/mol. The lowest BCUT2D eigenvalue weighted by molar-refractivity contribution is 0.0445. The van der Waals surface area contributed by atoms with E-state index in [4.69, 9.17) is 16.3 Å². The molecule has 0 saturated heterocycles. The van der Waals surface area contributed by atoms with Gasteiger partial charge in [0.2, 0.25) is 0 Å². The molecule has 2 nitrogen and oxygen atoms in total. The van der Waals surface area contributed by atoms with E-state index >= 15 is 0 Å². The van der Waals surface area contributed by atoms with E-state index in [2.05, 4.69) is 0 Å². The third kappa shape index (κ3) is 1.97. The molecule has 0 atom stereocenters. The highest BCUT2D eigenvalue weighted by atomic mass is 35.5. The van der Waals surface area contributed by atoms with E-state index in [-0.39, 0.29) is 0 Å². The van der Waals surface area contributed by atoms with Crippen LogP contribution in [0.5, 0.6) is 5.75 Å². The molecule has 1 aromatic rings. The largest absolute Gasteiger partial charge is 0.497 e. The smallest absolute Gasteiger partial charge is 0.120 e. The van der Waals surface area contributed by atoms with Gasteiger partial charge < -0.3 is 9.84 Å². The third-order valence-corrected chi connectivity index (χ3v) is 3.42. The number of methoxy groups -OCH3 is 1. The van der Waals surface area contributed by atoms with Crippen LogP contribution in [0.4, 0.5) is 0 Å². The highest BCUT2D eigenvalue weighted by Crippen LogP contribution is 2.42. The van der Waals surface area contributed by atoms with Crippen molar-refractivity contribution in [1.82, 2.24) is 0 Å². The first kappa shape index (κ1) is 10.8. The van der Waals surface area contributed by atoms with Crippen molar-refractivity contribution < 1.29 is 9.84 Å². The number of rotatable bonds is 2. The zero-order valence-corrected chi connectivity index (χ0v) is 9.55. The molecule has 1 saturated carbocycles. The van der Waals surface area contributed by atoms with Crippen LogP contribution in [-0.4, -0.2) is 12.2 Å². The van der Waals surface area contributed by atoms with Crippen LogP contribution in [0, 0.1) is 0 Å². The van der Waals surface area contributed by atoms with Crippen LogP contribution in [0.3, 0.4) is 0 Å². The van der Waals surface area contributed by atoms with Gasteiger partial charge in [0.1, 0.15) is 5.75 Å². The van der Waals surface area contributed by atoms with Crippen LogP contribution in [0.1, 0.15) is 31.2 Å². The Hall–Kier alpha value is -0.730. The quantitative estimate of drug-likeness (QED) is 0.840. The maximum atomic E-state index is 10.4. The zero-order valence-electron chi connectivity index (χ0n) is 8.79. The normalized spacial score (nSPS) is 19.1. The summed E-state index contributed by atoms with van der Waals surface area (Å²) in [5.41, 5.74) is 0.117. The lowest BCUT2D eigenvalue weighted by Crippen LogP contribution is -2.21. The van der Waals surface area contributed by atoms with Crippen molar-refractivity contribution in [2.45, 2.75) is 31.3 Å². The van der Waals surface area contributed by atoms with Crippen molar-refractivity contribution in [1.29, 1.82) is 0 Å². The van der Waals surface area contributed by atoms with Crippen LogP contribution < -0.4 is 4.74 Å². The van der Waals surface area contributed by atoms with E-state index in [0.717, 1.165) is 37.0 Å². The number of hydrogen-bond donors (Lipinski definition) is 1. The number of aliphatic hydroxyl groups is 1. The van der Waals surface area contributed by atoms with Gasteiger partial charge in [0.15, 0.2) is 0 Å². The van der Waals surface area contributed by atoms with Gasteiger partial charge in [-0.2, -0.15) is 0 Å². The Morgan fingerprint density at radius 3 is 2.53 bits per heavy atom.